The third kappa shape index (κ3) is 29.1. The van der Waals surface area contributed by atoms with Crippen molar-refractivity contribution in [3.8, 4) is 6.57 Å². The Labute approximate surface area is 232 Å². The third-order valence-electron chi connectivity index (χ3n) is 7.57. The van der Waals surface area contributed by atoms with Crippen LogP contribution in [0.2, 0.25) is 0 Å². The topological polar surface area (TPSA) is 30.7 Å². The molecular weight excluding hydrogens is 456 g/mol. The highest BCUT2D eigenvalue weighted by atomic mass is 16.5. The molecule has 0 atom stereocenters. The minimum atomic E-state index is -0.365. The summed E-state index contributed by atoms with van der Waals surface area (Å²) < 4.78 is 6.27. The molecule has 0 heterocycles. The van der Waals surface area contributed by atoms with Crippen LogP contribution < -0.4 is 0 Å². The van der Waals surface area contributed by atoms with Gasteiger partial charge < -0.3 is 9.22 Å². The van der Waals surface area contributed by atoms with Crippen molar-refractivity contribution in [1.82, 2.24) is 0 Å². The highest BCUT2D eigenvalue weighted by Crippen LogP contribution is 2.15. The molecule has 0 aromatic heterocycles. The van der Waals surface area contributed by atoms with Crippen LogP contribution in [0.4, 0.5) is 0 Å². The Morgan fingerprint density at radius 1 is 0.622 bits per heavy atom. The Balaban J connectivity index is 3.35. The fourth-order valence-corrected chi connectivity index (χ4v) is 5.05. The number of esters is 1. The van der Waals surface area contributed by atoms with Crippen LogP contribution >= 0.6 is 0 Å². The lowest BCUT2D eigenvalue weighted by Crippen LogP contribution is -2.41. The first-order chi connectivity index (χ1) is 18.0. The van der Waals surface area contributed by atoms with Crippen molar-refractivity contribution >= 4 is 5.97 Å². The molecule has 0 amide bonds. The van der Waals surface area contributed by atoms with Gasteiger partial charge in [-0.2, -0.15) is 0 Å². The van der Waals surface area contributed by atoms with E-state index in [1.54, 1.807) is 0 Å². The van der Waals surface area contributed by atoms with Gasteiger partial charge in [-0.25, -0.2) is 4.79 Å². The quantitative estimate of drug-likeness (QED) is 0.0444. The molecule has 0 saturated carbocycles. The van der Waals surface area contributed by atoms with Crippen molar-refractivity contribution in [2.75, 3.05) is 33.8 Å². The zero-order valence-electron chi connectivity index (χ0n) is 25.3. The highest BCUT2D eigenvalue weighted by Gasteiger charge is 2.13. The normalized spacial score (nSPS) is 11.7. The van der Waals surface area contributed by atoms with Gasteiger partial charge in [0, 0.05) is 0 Å². The number of carbonyl (C=O) groups is 1. The van der Waals surface area contributed by atoms with E-state index in [4.69, 9.17) is 11.3 Å². The molecule has 0 N–H and O–H groups in total. The second-order valence-electron chi connectivity index (χ2n) is 11.8. The number of unbranched alkanes of at least 4 members (excludes halogenated alkanes) is 21. The summed E-state index contributed by atoms with van der Waals surface area (Å²) in [5, 5.41) is 0. The van der Waals surface area contributed by atoms with E-state index < -0.39 is 0 Å². The molecule has 4 nitrogen and oxygen atoms in total. The Morgan fingerprint density at radius 3 is 1.35 bits per heavy atom. The molecule has 0 aliphatic heterocycles. The fourth-order valence-electron chi connectivity index (χ4n) is 5.05. The van der Waals surface area contributed by atoms with Crippen LogP contribution in [0.15, 0.2) is 12.3 Å². The van der Waals surface area contributed by atoms with Crippen LogP contribution in [0.25, 0.3) is 4.85 Å². The van der Waals surface area contributed by atoms with Gasteiger partial charge in [0.05, 0.1) is 33.8 Å². The zero-order valence-corrected chi connectivity index (χ0v) is 25.3. The molecule has 0 fully saturated rings. The Kier molecular flexibility index (Phi) is 26.7. The monoisotopic (exact) mass is 520 g/mol. The summed E-state index contributed by atoms with van der Waals surface area (Å²) in [6.45, 7) is 10.4. The zero-order chi connectivity index (χ0) is 27.3. The SMILES string of the molecule is C#[N+]/C=C/C(=O)OCCCCCCCCCCC[N+](C)(C)CCCCCCCCCCCCCCCC. The van der Waals surface area contributed by atoms with Gasteiger partial charge in [0.15, 0.2) is 0 Å². The lowest BCUT2D eigenvalue weighted by molar-refractivity contribution is -0.890. The van der Waals surface area contributed by atoms with Crippen molar-refractivity contribution in [1.29, 1.82) is 0 Å². The molecule has 0 aliphatic carbocycles. The number of carbonyl (C=O) groups excluding carboxylic acids is 1. The van der Waals surface area contributed by atoms with E-state index in [0.717, 1.165) is 12.8 Å². The number of quaternary nitrogens is 1. The van der Waals surface area contributed by atoms with Gasteiger partial charge in [-0.1, -0.05) is 122 Å². The molecular formula is C33H64N2O2+2. The molecule has 0 unspecified atom stereocenters. The maximum atomic E-state index is 11.3. The van der Waals surface area contributed by atoms with E-state index in [1.807, 2.05) is 0 Å². The Bertz CT molecular complexity index is 565. The van der Waals surface area contributed by atoms with Crippen molar-refractivity contribution in [2.45, 2.75) is 155 Å². The second-order valence-corrected chi connectivity index (χ2v) is 11.8. The summed E-state index contributed by atoms with van der Waals surface area (Å²) in [6.07, 6.45) is 34.0. The first-order valence-corrected chi connectivity index (χ1v) is 16.1. The van der Waals surface area contributed by atoms with Gasteiger partial charge in [0.25, 0.3) is 6.57 Å². The minimum Gasteiger partial charge on any atom is -0.462 e. The van der Waals surface area contributed by atoms with Gasteiger partial charge in [-0.05, 0) is 36.9 Å². The molecule has 0 aromatic carbocycles. The lowest BCUT2D eigenvalue weighted by atomic mass is 10.0. The standard InChI is InChI=1S/C33H64N2O2/c1-5-6-7-8-9-10-11-12-13-14-16-19-22-25-30-35(3,4)31-26-23-20-17-15-18-21-24-27-32-37-33(36)28-29-34-2/h2,28-29H,5-27,30-32H2,1,3-4H3/q+2/b29-28+. The number of nitrogens with zero attached hydrogens (tertiary/aromatic N) is 2. The third-order valence-corrected chi connectivity index (χ3v) is 7.57. The molecule has 0 rings (SSSR count). The van der Waals surface area contributed by atoms with Gasteiger partial charge in [0.1, 0.15) is 6.08 Å². The number of hydrogen-bond acceptors (Lipinski definition) is 2. The maximum absolute atomic E-state index is 11.3. The van der Waals surface area contributed by atoms with Crippen molar-refractivity contribution in [2.24, 2.45) is 0 Å². The molecule has 216 valence electrons. The summed E-state index contributed by atoms with van der Waals surface area (Å²) in [4.78, 5) is 14.5. The summed E-state index contributed by atoms with van der Waals surface area (Å²) in [5.41, 5.74) is 0. The summed E-state index contributed by atoms with van der Waals surface area (Å²) >= 11 is 0. The summed E-state index contributed by atoms with van der Waals surface area (Å²) in [6, 6.07) is 0. The van der Waals surface area contributed by atoms with Crippen LogP contribution in [0.3, 0.4) is 0 Å². The van der Waals surface area contributed by atoms with E-state index in [-0.39, 0.29) is 5.97 Å². The predicted octanol–water partition coefficient (Wildman–Crippen LogP) is 10.1. The first kappa shape index (κ1) is 35.7. The smallest absolute Gasteiger partial charge is 0.338 e. The number of rotatable bonds is 28. The molecule has 0 radical (unpaired) electrons. The van der Waals surface area contributed by atoms with E-state index in [0.29, 0.717) is 6.61 Å². The molecule has 0 aliphatic rings. The maximum Gasteiger partial charge on any atom is 0.338 e. The van der Waals surface area contributed by atoms with Crippen LogP contribution in [-0.2, 0) is 9.53 Å². The number of ether oxygens (including phenoxy) is 1. The average Bonchev–Trinajstić information content (AvgIpc) is 2.88. The van der Waals surface area contributed by atoms with Crippen LogP contribution in [0.5, 0.6) is 0 Å². The van der Waals surface area contributed by atoms with Crippen LogP contribution in [0.1, 0.15) is 155 Å². The van der Waals surface area contributed by atoms with E-state index in [2.05, 4.69) is 25.9 Å². The van der Waals surface area contributed by atoms with Gasteiger partial charge in [-0.3, -0.25) is 0 Å². The van der Waals surface area contributed by atoms with Gasteiger partial charge >= 0.3 is 12.2 Å². The fraction of sp³-hybridized carbons (Fsp3) is 0.879. The van der Waals surface area contributed by atoms with Crippen molar-refractivity contribution in [3.63, 3.8) is 0 Å². The molecule has 0 spiro atoms. The average molecular weight is 521 g/mol. The largest absolute Gasteiger partial charge is 0.462 e. The Morgan fingerprint density at radius 2 is 0.973 bits per heavy atom. The van der Waals surface area contributed by atoms with Crippen molar-refractivity contribution < 1.29 is 14.0 Å². The summed E-state index contributed by atoms with van der Waals surface area (Å²) in [5.74, 6) is -0.365. The van der Waals surface area contributed by atoms with E-state index in [9.17, 15) is 4.79 Å². The number of hydrogen-bond donors (Lipinski definition) is 0. The van der Waals surface area contributed by atoms with E-state index >= 15 is 0 Å². The molecule has 37 heavy (non-hydrogen) atoms. The van der Waals surface area contributed by atoms with Crippen LogP contribution in [0, 0.1) is 6.57 Å². The molecule has 0 aromatic rings. The van der Waals surface area contributed by atoms with Crippen molar-refractivity contribution in [3.05, 3.63) is 17.1 Å². The molecule has 4 heteroatoms. The van der Waals surface area contributed by atoms with Gasteiger partial charge in [-0.15, -0.1) is 0 Å². The van der Waals surface area contributed by atoms with Gasteiger partial charge in [0.2, 0.25) is 0 Å². The second kappa shape index (κ2) is 27.7. The lowest BCUT2D eigenvalue weighted by Gasteiger charge is -2.30. The minimum absolute atomic E-state index is 0.365. The predicted molar refractivity (Wildman–Crippen MR) is 162 cm³/mol. The first-order valence-electron chi connectivity index (χ1n) is 16.1. The van der Waals surface area contributed by atoms with Crippen LogP contribution in [-0.4, -0.2) is 44.2 Å². The molecule has 0 bridgehead atoms. The Hall–Kier alpha value is -1.34. The van der Waals surface area contributed by atoms with E-state index in [1.165, 1.54) is 165 Å². The summed E-state index contributed by atoms with van der Waals surface area (Å²) in [7, 11) is 4.84. The highest BCUT2D eigenvalue weighted by molar-refractivity contribution is 5.82. The molecule has 0 saturated heterocycles.